The van der Waals surface area contributed by atoms with Gasteiger partial charge in [-0.1, -0.05) is 18.2 Å². The highest BCUT2D eigenvalue weighted by molar-refractivity contribution is 5.98. The summed E-state index contributed by atoms with van der Waals surface area (Å²) in [6, 6.07) is 10.4. The zero-order valence-electron chi connectivity index (χ0n) is 19.7. The van der Waals surface area contributed by atoms with Crippen molar-refractivity contribution in [2.24, 2.45) is 0 Å². The molecule has 2 saturated heterocycles. The molecule has 4 aromatic rings. The van der Waals surface area contributed by atoms with E-state index in [0.717, 1.165) is 105 Å². The molecule has 0 unspecified atom stereocenters. The molecule has 0 spiro atoms. The van der Waals surface area contributed by atoms with Gasteiger partial charge in [0.05, 0.1) is 43.0 Å². The summed E-state index contributed by atoms with van der Waals surface area (Å²) in [6.07, 6.45) is 6.04. The summed E-state index contributed by atoms with van der Waals surface area (Å²) >= 11 is 0. The molecule has 8 heteroatoms. The summed E-state index contributed by atoms with van der Waals surface area (Å²) in [6.45, 7) is 12.3. The summed E-state index contributed by atoms with van der Waals surface area (Å²) in [7, 11) is 0. The van der Waals surface area contributed by atoms with Crippen LogP contribution in [0.15, 0.2) is 48.9 Å². The Morgan fingerprint density at radius 1 is 0.882 bits per heavy atom. The Bertz CT molecular complexity index is 1290. The number of piperazine rings is 1. The number of benzene rings is 1. The molecule has 5 heterocycles. The van der Waals surface area contributed by atoms with E-state index in [-0.39, 0.29) is 0 Å². The second-order valence-electron chi connectivity index (χ2n) is 9.25. The highest BCUT2D eigenvalue weighted by Crippen LogP contribution is 2.31. The lowest BCUT2D eigenvalue weighted by atomic mass is 10.0. The van der Waals surface area contributed by atoms with Crippen molar-refractivity contribution in [1.82, 2.24) is 29.4 Å². The second-order valence-corrected chi connectivity index (χ2v) is 9.25. The smallest absolute Gasteiger partial charge is 0.162 e. The third-order valence-corrected chi connectivity index (χ3v) is 7.05. The van der Waals surface area contributed by atoms with Crippen molar-refractivity contribution in [2.75, 3.05) is 70.5 Å². The Kier molecular flexibility index (Phi) is 5.86. The third kappa shape index (κ3) is 4.24. The van der Waals surface area contributed by atoms with E-state index >= 15 is 0 Å². The summed E-state index contributed by atoms with van der Waals surface area (Å²) in [5, 5.41) is 5.79. The van der Waals surface area contributed by atoms with Crippen molar-refractivity contribution in [1.29, 1.82) is 0 Å². The van der Waals surface area contributed by atoms with Crippen molar-refractivity contribution in [3.8, 4) is 11.1 Å². The normalized spacial score (nSPS) is 18.2. The number of ether oxygens (including phenoxy) is 1. The molecule has 0 radical (unpaired) electrons. The number of aromatic nitrogens is 4. The molecule has 2 aliphatic rings. The summed E-state index contributed by atoms with van der Waals surface area (Å²) in [4.78, 5) is 17.0. The van der Waals surface area contributed by atoms with E-state index in [1.54, 1.807) is 0 Å². The number of hydrogen-bond donors (Lipinski definition) is 0. The number of morpholine rings is 1. The number of rotatable bonds is 5. The maximum atomic E-state index is 5.46. The number of hydrogen-bond acceptors (Lipinski definition) is 7. The van der Waals surface area contributed by atoms with Crippen LogP contribution in [0.3, 0.4) is 0 Å². The Morgan fingerprint density at radius 3 is 2.47 bits per heavy atom. The van der Waals surface area contributed by atoms with Crippen LogP contribution < -0.4 is 4.90 Å². The highest BCUT2D eigenvalue weighted by Gasteiger charge is 2.20. The summed E-state index contributed by atoms with van der Waals surface area (Å²) in [5.41, 5.74) is 6.18. The molecule has 0 N–H and O–H groups in total. The van der Waals surface area contributed by atoms with E-state index in [1.165, 1.54) is 0 Å². The fourth-order valence-corrected chi connectivity index (χ4v) is 5.09. The van der Waals surface area contributed by atoms with E-state index in [1.807, 2.05) is 29.9 Å². The molecule has 1 aromatic carbocycles. The average Bonchev–Trinajstić information content (AvgIpc) is 3.31. The molecule has 0 amide bonds. The van der Waals surface area contributed by atoms with E-state index in [0.29, 0.717) is 0 Å². The van der Waals surface area contributed by atoms with Crippen LogP contribution in [0.5, 0.6) is 0 Å². The van der Waals surface area contributed by atoms with Crippen molar-refractivity contribution in [3.63, 3.8) is 0 Å². The lowest BCUT2D eigenvalue weighted by Crippen LogP contribution is -2.49. The molecule has 6 rings (SSSR count). The average molecular weight is 458 g/mol. The number of pyridine rings is 1. The topological polar surface area (TPSA) is 62.0 Å². The highest BCUT2D eigenvalue weighted by atomic mass is 16.5. The molecule has 8 nitrogen and oxygen atoms in total. The minimum absolute atomic E-state index is 0.870. The Balaban J connectivity index is 1.17. The van der Waals surface area contributed by atoms with Crippen LogP contribution in [0.4, 0.5) is 5.69 Å². The van der Waals surface area contributed by atoms with Gasteiger partial charge in [0.2, 0.25) is 0 Å². The Labute approximate surface area is 199 Å². The van der Waals surface area contributed by atoms with E-state index in [9.17, 15) is 0 Å². The van der Waals surface area contributed by atoms with Crippen molar-refractivity contribution >= 4 is 22.2 Å². The largest absolute Gasteiger partial charge is 0.379 e. The first kappa shape index (κ1) is 21.5. The molecule has 176 valence electrons. The van der Waals surface area contributed by atoms with Crippen LogP contribution in [0.25, 0.3) is 27.7 Å². The molecular weight excluding hydrogens is 426 g/mol. The lowest BCUT2D eigenvalue weighted by Gasteiger charge is -2.37. The fraction of sp³-hybridized carbons (Fsp3) is 0.423. The second kappa shape index (κ2) is 9.29. The van der Waals surface area contributed by atoms with Gasteiger partial charge in [0.25, 0.3) is 0 Å². The minimum Gasteiger partial charge on any atom is -0.379 e. The molecule has 2 aliphatic heterocycles. The van der Waals surface area contributed by atoms with Gasteiger partial charge in [0.1, 0.15) is 0 Å². The van der Waals surface area contributed by atoms with Gasteiger partial charge in [0, 0.05) is 69.0 Å². The van der Waals surface area contributed by atoms with Gasteiger partial charge < -0.3 is 9.64 Å². The summed E-state index contributed by atoms with van der Waals surface area (Å²) < 4.78 is 7.37. The van der Waals surface area contributed by atoms with Gasteiger partial charge in [-0.25, -0.2) is 9.50 Å². The number of anilines is 1. The first-order valence-electron chi connectivity index (χ1n) is 12.2. The predicted molar refractivity (Wildman–Crippen MR) is 134 cm³/mol. The van der Waals surface area contributed by atoms with Crippen LogP contribution in [0.2, 0.25) is 0 Å². The van der Waals surface area contributed by atoms with Crippen LogP contribution in [0, 0.1) is 6.92 Å². The number of para-hydroxylation sites is 1. The third-order valence-electron chi connectivity index (χ3n) is 7.05. The number of aryl methyl sites for hydroxylation is 1. The SMILES string of the molecule is Cc1cc(-c2cnn3cc(N4CCN(CCN5CCOCC5)CC4)cnc23)c2ccccc2n1. The molecule has 3 aromatic heterocycles. The van der Waals surface area contributed by atoms with Crippen LogP contribution in [-0.4, -0.2) is 95.0 Å². The van der Waals surface area contributed by atoms with Crippen LogP contribution in [0.1, 0.15) is 5.69 Å². The van der Waals surface area contributed by atoms with Crippen LogP contribution >= 0.6 is 0 Å². The maximum Gasteiger partial charge on any atom is 0.162 e. The van der Waals surface area contributed by atoms with E-state index in [2.05, 4.69) is 55.2 Å². The maximum absolute atomic E-state index is 5.46. The van der Waals surface area contributed by atoms with Crippen molar-refractivity contribution in [3.05, 3.63) is 54.6 Å². The standard InChI is InChI=1S/C26H31N7O/c1-20-16-23(22-4-2-3-5-25(22)29-20)24-18-28-33-19-21(17-27-26(24)33)32-10-8-30(9-11-32)6-7-31-12-14-34-15-13-31/h2-5,16-19H,6-15H2,1H3. The molecule has 34 heavy (non-hydrogen) atoms. The predicted octanol–water partition coefficient (Wildman–Crippen LogP) is 2.71. The Morgan fingerprint density at radius 2 is 1.65 bits per heavy atom. The number of fused-ring (bicyclic) bond motifs is 2. The first-order valence-corrected chi connectivity index (χ1v) is 12.2. The van der Waals surface area contributed by atoms with Gasteiger partial charge >= 0.3 is 0 Å². The van der Waals surface area contributed by atoms with Crippen LogP contribution in [-0.2, 0) is 4.74 Å². The summed E-state index contributed by atoms with van der Waals surface area (Å²) in [5.74, 6) is 0. The van der Waals surface area contributed by atoms with Gasteiger partial charge in [-0.15, -0.1) is 0 Å². The minimum atomic E-state index is 0.870. The van der Waals surface area contributed by atoms with Crippen molar-refractivity contribution in [2.45, 2.75) is 6.92 Å². The molecule has 0 bridgehead atoms. The zero-order valence-corrected chi connectivity index (χ0v) is 19.7. The van der Waals surface area contributed by atoms with Crippen molar-refractivity contribution < 1.29 is 4.74 Å². The first-order chi connectivity index (χ1) is 16.7. The molecule has 2 fully saturated rings. The quantitative estimate of drug-likeness (QED) is 0.457. The fourth-order valence-electron chi connectivity index (χ4n) is 5.09. The molecular formula is C26H31N7O. The molecule has 0 aliphatic carbocycles. The van der Waals surface area contributed by atoms with Gasteiger partial charge in [0.15, 0.2) is 5.65 Å². The Hall–Kier alpha value is -3.07. The molecule has 0 saturated carbocycles. The van der Waals surface area contributed by atoms with Gasteiger partial charge in [-0.3, -0.25) is 14.8 Å². The van der Waals surface area contributed by atoms with E-state index < -0.39 is 0 Å². The lowest BCUT2D eigenvalue weighted by molar-refractivity contribution is 0.0331. The monoisotopic (exact) mass is 457 g/mol. The molecule has 0 atom stereocenters. The zero-order chi connectivity index (χ0) is 22.9. The number of nitrogens with zero attached hydrogens (tertiary/aromatic N) is 7. The van der Waals surface area contributed by atoms with Gasteiger partial charge in [-0.05, 0) is 24.6 Å². The van der Waals surface area contributed by atoms with E-state index in [4.69, 9.17) is 9.72 Å². The van der Waals surface area contributed by atoms with Gasteiger partial charge in [-0.2, -0.15) is 5.10 Å².